The number of halogens is 2. The molecule has 16 nitrogen and oxygen atoms in total. The molecule has 1 unspecified atom stereocenters. The predicted octanol–water partition coefficient (Wildman–Crippen LogP) is 7.17. The van der Waals surface area contributed by atoms with E-state index in [-0.39, 0.29) is 39.0 Å². The number of benzene rings is 2. The van der Waals surface area contributed by atoms with Crippen molar-refractivity contribution in [3.05, 3.63) is 98.5 Å². The van der Waals surface area contributed by atoms with E-state index in [0.29, 0.717) is 66.4 Å². The third-order valence-corrected chi connectivity index (χ3v) is 8.50. The van der Waals surface area contributed by atoms with E-state index in [1.54, 1.807) is 81.6 Å². The molecule has 2 atom stereocenters. The summed E-state index contributed by atoms with van der Waals surface area (Å²) >= 11 is 12.5. The summed E-state index contributed by atoms with van der Waals surface area (Å²) in [7, 11) is 1.24. The molecule has 0 spiro atoms. The standard InChI is InChI=1S/C40H51Cl2N7O9/c1-40(2,3)58-39(53)49(35-9-5-7-15-44-35)17-8-6-10-36(50)46-34(38(52)47-33(27-37(51)54-4)29-24-30(41)26-31(42)25-29)23-28-11-13-32(14-12-28)57-22-21-56-20-19-55-18-16-45-48-43/h5,7,9,11-15,24-26,33-34H,6,8,10,16-23,27H2,1-4H3,(H,46,50)(H,47,52)/t33?,34-/m0/s1. The molecule has 3 amide bonds. The van der Waals surface area contributed by atoms with Gasteiger partial charge in [0.15, 0.2) is 0 Å². The SMILES string of the molecule is COC(=O)CC(NC(=O)[C@H](Cc1ccc(OCCOCCOCCN=[N+]=[N-])cc1)NC(=O)CCCCN(C(=O)OC(C)(C)C)c1ccccn1)c1cc(Cl)cc(Cl)c1. The van der Waals surface area contributed by atoms with Crippen molar-refractivity contribution in [2.75, 3.05) is 58.1 Å². The quantitative estimate of drug-likeness (QED) is 0.0306. The van der Waals surface area contributed by atoms with Crippen molar-refractivity contribution < 1.29 is 42.9 Å². The molecule has 314 valence electrons. The summed E-state index contributed by atoms with van der Waals surface area (Å²) in [4.78, 5) is 61.2. The number of amides is 3. The molecule has 58 heavy (non-hydrogen) atoms. The Morgan fingerprint density at radius 2 is 1.60 bits per heavy atom. The van der Waals surface area contributed by atoms with Crippen LogP contribution in [0.2, 0.25) is 10.0 Å². The Morgan fingerprint density at radius 1 is 0.914 bits per heavy atom. The number of carbonyl (C=O) groups is 4. The minimum atomic E-state index is -1.05. The maximum Gasteiger partial charge on any atom is 0.416 e. The minimum absolute atomic E-state index is 0.0559. The van der Waals surface area contributed by atoms with Crippen LogP contribution in [0.25, 0.3) is 10.4 Å². The molecule has 0 saturated carbocycles. The van der Waals surface area contributed by atoms with Crippen LogP contribution in [0.15, 0.2) is 72.0 Å². The Labute approximate surface area is 348 Å². The largest absolute Gasteiger partial charge is 0.491 e. The highest BCUT2D eigenvalue weighted by Gasteiger charge is 2.27. The molecule has 0 aliphatic heterocycles. The lowest BCUT2D eigenvalue weighted by Gasteiger charge is -2.26. The van der Waals surface area contributed by atoms with Crippen LogP contribution in [0.1, 0.15) is 63.6 Å². The number of nitrogens with one attached hydrogen (secondary N) is 2. The van der Waals surface area contributed by atoms with E-state index in [9.17, 15) is 19.2 Å². The second kappa shape index (κ2) is 25.3. The van der Waals surface area contributed by atoms with Gasteiger partial charge in [-0.2, -0.15) is 0 Å². The van der Waals surface area contributed by atoms with Gasteiger partial charge in [-0.05, 0) is 92.7 Å². The van der Waals surface area contributed by atoms with Gasteiger partial charge in [-0.15, -0.1) is 0 Å². The van der Waals surface area contributed by atoms with Crippen molar-refractivity contribution in [3.8, 4) is 5.75 Å². The lowest BCUT2D eigenvalue weighted by atomic mass is 10.0. The number of rotatable bonds is 24. The van der Waals surface area contributed by atoms with Gasteiger partial charge in [0.25, 0.3) is 0 Å². The van der Waals surface area contributed by atoms with Crippen molar-refractivity contribution in [1.29, 1.82) is 0 Å². The van der Waals surface area contributed by atoms with Crippen LogP contribution >= 0.6 is 23.2 Å². The van der Waals surface area contributed by atoms with E-state index in [4.69, 9.17) is 52.4 Å². The summed E-state index contributed by atoms with van der Waals surface area (Å²) in [6, 6.07) is 15.1. The zero-order valence-corrected chi connectivity index (χ0v) is 34.7. The Hall–Kier alpha value is -5.12. The van der Waals surface area contributed by atoms with Gasteiger partial charge >= 0.3 is 12.1 Å². The van der Waals surface area contributed by atoms with Crippen molar-refractivity contribution in [1.82, 2.24) is 15.6 Å². The van der Waals surface area contributed by atoms with E-state index >= 15 is 0 Å². The zero-order valence-electron chi connectivity index (χ0n) is 33.2. The number of aromatic nitrogens is 1. The van der Waals surface area contributed by atoms with Crippen LogP contribution in [0.5, 0.6) is 5.75 Å². The third-order valence-electron chi connectivity index (χ3n) is 8.06. The first-order valence-corrected chi connectivity index (χ1v) is 19.5. The molecule has 0 fully saturated rings. The predicted molar refractivity (Wildman–Crippen MR) is 219 cm³/mol. The van der Waals surface area contributed by atoms with E-state index in [1.165, 1.54) is 18.1 Å². The highest BCUT2D eigenvalue weighted by Crippen LogP contribution is 2.26. The number of pyridine rings is 1. The minimum Gasteiger partial charge on any atom is -0.491 e. The van der Waals surface area contributed by atoms with E-state index in [0.717, 1.165) is 5.56 Å². The van der Waals surface area contributed by atoms with Gasteiger partial charge < -0.3 is 34.3 Å². The van der Waals surface area contributed by atoms with Crippen LogP contribution in [0.4, 0.5) is 10.6 Å². The number of ether oxygens (including phenoxy) is 5. The first kappa shape index (κ1) is 47.3. The lowest BCUT2D eigenvalue weighted by molar-refractivity contribution is -0.141. The van der Waals surface area contributed by atoms with Gasteiger partial charge in [-0.25, -0.2) is 9.78 Å². The number of hydrogen-bond acceptors (Lipinski definition) is 11. The molecule has 2 aromatic carbocycles. The molecular formula is C40H51Cl2N7O9. The summed E-state index contributed by atoms with van der Waals surface area (Å²) in [5, 5.41) is 9.75. The number of esters is 1. The molecule has 0 radical (unpaired) electrons. The van der Waals surface area contributed by atoms with Crippen LogP contribution in [-0.4, -0.2) is 93.7 Å². The normalized spacial score (nSPS) is 12.0. The first-order valence-electron chi connectivity index (χ1n) is 18.7. The fourth-order valence-corrected chi connectivity index (χ4v) is 5.90. The van der Waals surface area contributed by atoms with Gasteiger partial charge in [0.2, 0.25) is 11.8 Å². The first-order chi connectivity index (χ1) is 27.8. The molecule has 18 heteroatoms. The molecule has 2 N–H and O–H groups in total. The molecule has 1 heterocycles. The molecule has 1 aromatic heterocycles. The second-order valence-electron chi connectivity index (χ2n) is 13.8. The number of carbonyl (C=O) groups excluding carboxylic acids is 4. The summed E-state index contributed by atoms with van der Waals surface area (Å²) in [6.45, 7) is 7.47. The van der Waals surface area contributed by atoms with Gasteiger partial charge in [0.1, 0.15) is 29.8 Å². The van der Waals surface area contributed by atoms with E-state index < -0.39 is 41.6 Å². The maximum absolute atomic E-state index is 14.0. The van der Waals surface area contributed by atoms with Gasteiger partial charge in [0, 0.05) is 47.1 Å². The molecular weight excluding hydrogens is 793 g/mol. The van der Waals surface area contributed by atoms with Crippen molar-refractivity contribution in [3.63, 3.8) is 0 Å². The summed E-state index contributed by atoms with van der Waals surface area (Å²) in [5.74, 6) is -0.524. The van der Waals surface area contributed by atoms with Crippen LogP contribution in [0.3, 0.4) is 0 Å². The maximum atomic E-state index is 14.0. The average molecular weight is 845 g/mol. The topological polar surface area (TPSA) is 203 Å². The Bertz CT molecular complexity index is 1790. The molecule has 0 saturated heterocycles. The molecule has 3 aromatic rings. The van der Waals surface area contributed by atoms with Gasteiger partial charge in [0.05, 0.1) is 46.0 Å². The molecule has 0 bridgehead atoms. The highest BCUT2D eigenvalue weighted by molar-refractivity contribution is 6.34. The molecule has 3 rings (SSSR count). The van der Waals surface area contributed by atoms with Crippen molar-refractivity contribution >= 4 is 52.9 Å². The Balaban J connectivity index is 1.68. The number of nitrogens with zero attached hydrogens (tertiary/aromatic N) is 5. The highest BCUT2D eigenvalue weighted by atomic mass is 35.5. The summed E-state index contributed by atoms with van der Waals surface area (Å²) in [6.07, 6.45) is 1.80. The number of hydrogen-bond donors (Lipinski definition) is 2. The zero-order chi connectivity index (χ0) is 42.3. The van der Waals surface area contributed by atoms with E-state index in [2.05, 4.69) is 25.6 Å². The van der Waals surface area contributed by atoms with Crippen molar-refractivity contribution in [2.24, 2.45) is 5.11 Å². The second-order valence-corrected chi connectivity index (χ2v) is 14.7. The fourth-order valence-electron chi connectivity index (χ4n) is 5.36. The van der Waals surface area contributed by atoms with Crippen LogP contribution in [-0.2, 0) is 39.8 Å². The smallest absolute Gasteiger partial charge is 0.416 e. The number of azide groups is 1. The van der Waals surface area contributed by atoms with Crippen molar-refractivity contribution in [2.45, 2.75) is 70.6 Å². The number of unbranched alkanes of at least 4 members (excludes halogenated alkanes) is 1. The van der Waals surface area contributed by atoms with E-state index in [1.807, 2.05) is 0 Å². The number of anilines is 1. The molecule has 0 aliphatic carbocycles. The van der Waals surface area contributed by atoms with Crippen LogP contribution in [0, 0.1) is 0 Å². The lowest BCUT2D eigenvalue weighted by Crippen LogP contribution is -2.49. The third kappa shape index (κ3) is 18.4. The Morgan fingerprint density at radius 3 is 2.24 bits per heavy atom. The summed E-state index contributed by atoms with van der Waals surface area (Å²) in [5.41, 5.74) is 8.77. The summed E-state index contributed by atoms with van der Waals surface area (Å²) < 4.78 is 27.0. The number of methoxy groups -OCH3 is 1. The van der Waals surface area contributed by atoms with Gasteiger partial charge in [-0.3, -0.25) is 19.3 Å². The monoisotopic (exact) mass is 843 g/mol. The molecule has 0 aliphatic rings. The fraction of sp³-hybridized carbons (Fsp3) is 0.475. The average Bonchev–Trinajstić information content (AvgIpc) is 3.17. The van der Waals surface area contributed by atoms with Gasteiger partial charge in [-0.1, -0.05) is 46.5 Å². The Kier molecular flexibility index (Phi) is 20.6. The van der Waals surface area contributed by atoms with Crippen LogP contribution < -0.4 is 20.3 Å².